The van der Waals surface area contributed by atoms with Gasteiger partial charge in [-0.1, -0.05) is 18.2 Å². The van der Waals surface area contributed by atoms with Crippen molar-refractivity contribution in [2.24, 2.45) is 0 Å². The van der Waals surface area contributed by atoms with Gasteiger partial charge in [-0.15, -0.1) is 11.3 Å². The van der Waals surface area contributed by atoms with Crippen LogP contribution in [0, 0.1) is 0 Å². The van der Waals surface area contributed by atoms with Crippen LogP contribution in [-0.2, 0) is 17.8 Å². The van der Waals surface area contributed by atoms with E-state index in [1.165, 1.54) is 0 Å². The van der Waals surface area contributed by atoms with Gasteiger partial charge in [-0.25, -0.2) is 4.98 Å². The van der Waals surface area contributed by atoms with E-state index in [1.807, 2.05) is 23.6 Å². The zero-order valence-electron chi connectivity index (χ0n) is 12.1. The molecule has 0 aliphatic carbocycles. The number of amides is 1. The Morgan fingerprint density at radius 2 is 2.09 bits per heavy atom. The number of hydrogen-bond acceptors (Lipinski definition) is 4. The zero-order valence-corrected chi connectivity index (χ0v) is 12.9. The molecule has 112 valence electrons. The van der Waals surface area contributed by atoms with Gasteiger partial charge < -0.3 is 9.88 Å². The average Bonchev–Trinajstić information content (AvgIpc) is 3.00. The molecule has 6 heteroatoms. The Balaban J connectivity index is 1.77. The number of aromatic nitrogens is 2. The van der Waals surface area contributed by atoms with Gasteiger partial charge in [-0.05, 0) is 23.6 Å². The van der Waals surface area contributed by atoms with Gasteiger partial charge in [-0.2, -0.15) is 0 Å². The number of rotatable bonds is 4. The van der Waals surface area contributed by atoms with E-state index in [2.05, 4.69) is 9.97 Å². The summed E-state index contributed by atoms with van der Waals surface area (Å²) in [6.07, 6.45) is 0.367. The lowest BCUT2D eigenvalue weighted by atomic mass is 10.2. The molecule has 0 unspecified atom stereocenters. The summed E-state index contributed by atoms with van der Waals surface area (Å²) in [5.74, 6) is 0.490. The van der Waals surface area contributed by atoms with E-state index < -0.39 is 0 Å². The van der Waals surface area contributed by atoms with Crippen molar-refractivity contribution in [2.75, 3.05) is 7.05 Å². The Morgan fingerprint density at radius 3 is 2.86 bits per heavy atom. The molecule has 1 N–H and O–H groups in total. The molecule has 0 aliphatic rings. The van der Waals surface area contributed by atoms with Gasteiger partial charge in [0.2, 0.25) is 5.91 Å². The summed E-state index contributed by atoms with van der Waals surface area (Å²) in [4.78, 5) is 33.9. The van der Waals surface area contributed by atoms with Crippen molar-refractivity contribution in [3.63, 3.8) is 0 Å². The first-order chi connectivity index (χ1) is 10.6. The van der Waals surface area contributed by atoms with Crippen molar-refractivity contribution in [2.45, 2.75) is 13.0 Å². The topological polar surface area (TPSA) is 66.1 Å². The predicted octanol–water partition coefficient (Wildman–Crippen LogP) is 2.19. The van der Waals surface area contributed by atoms with Crippen LogP contribution in [-0.4, -0.2) is 27.8 Å². The number of thiophene rings is 1. The third-order valence-corrected chi connectivity index (χ3v) is 4.26. The largest absolute Gasteiger partial charge is 0.338 e. The highest BCUT2D eigenvalue weighted by molar-refractivity contribution is 7.10. The average molecular weight is 313 g/mol. The summed E-state index contributed by atoms with van der Waals surface area (Å²) in [6.45, 7) is 0.282. The number of likely N-dealkylation sites (N-methyl/N-ethyl adjacent to an activating group) is 1. The number of nitrogens with one attached hydrogen (secondary N) is 1. The first kappa shape index (κ1) is 14.5. The number of H-pyrrole nitrogens is 1. The fourth-order valence-electron chi connectivity index (χ4n) is 2.22. The Morgan fingerprint density at radius 1 is 1.27 bits per heavy atom. The van der Waals surface area contributed by atoms with Gasteiger partial charge >= 0.3 is 0 Å². The van der Waals surface area contributed by atoms with E-state index in [0.717, 1.165) is 4.88 Å². The van der Waals surface area contributed by atoms with Crippen LogP contribution in [0.2, 0.25) is 0 Å². The minimum absolute atomic E-state index is 0.00161. The molecule has 2 heterocycles. The van der Waals surface area contributed by atoms with Gasteiger partial charge in [0.1, 0.15) is 5.82 Å². The predicted molar refractivity (Wildman–Crippen MR) is 86.9 cm³/mol. The Hall–Kier alpha value is -2.47. The second kappa shape index (κ2) is 6.11. The summed E-state index contributed by atoms with van der Waals surface area (Å²) in [7, 11) is 1.71. The summed E-state index contributed by atoms with van der Waals surface area (Å²) >= 11 is 1.56. The van der Waals surface area contributed by atoms with Crippen molar-refractivity contribution in [1.82, 2.24) is 14.9 Å². The minimum atomic E-state index is -0.181. The van der Waals surface area contributed by atoms with Crippen molar-refractivity contribution >= 4 is 28.1 Å². The van der Waals surface area contributed by atoms with Crippen LogP contribution in [0.5, 0.6) is 0 Å². The van der Waals surface area contributed by atoms with E-state index in [-0.39, 0.29) is 18.0 Å². The summed E-state index contributed by atoms with van der Waals surface area (Å²) < 4.78 is 0. The number of carbonyl (C=O) groups excluding carboxylic acids is 1. The SMILES string of the molecule is CN(Cc1nc2ccccc2c(=O)[nH]1)C(=O)Cc1cccs1. The van der Waals surface area contributed by atoms with Crippen LogP contribution in [0.15, 0.2) is 46.6 Å². The molecule has 2 aromatic heterocycles. The van der Waals surface area contributed by atoms with Crippen molar-refractivity contribution in [3.8, 4) is 0 Å². The fourth-order valence-corrected chi connectivity index (χ4v) is 2.92. The summed E-state index contributed by atoms with van der Waals surface area (Å²) in [5.41, 5.74) is 0.458. The molecular weight excluding hydrogens is 298 g/mol. The first-order valence-corrected chi connectivity index (χ1v) is 7.76. The molecule has 5 nitrogen and oxygen atoms in total. The fraction of sp³-hybridized carbons (Fsp3) is 0.188. The normalized spacial score (nSPS) is 10.8. The molecule has 0 saturated heterocycles. The molecule has 0 aliphatic heterocycles. The monoisotopic (exact) mass is 313 g/mol. The maximum Gasteiger partial charge on any atom is 0.258 e. The molecule has 3 aromatic rings. The van der Waals surface area contributed by atoms with Crippen LogP contribution in [0.1, 0.15) is 10.7 Å². The number of fused-ring (bicyclic) bond motifs is 1. The molecule has 22 heavy (non-hydrogen) atoms. The molecule has 0 radical (unpaired) electrons. The van der Waals surface area contributed by atoms with Gasteiger partial charge in [0, 0.05) is 11.9 Å². The zero-order chi connectivity index (χ0) is 15.5. The maximum atomic E-state index is 12.2. The van der Waals surface area contributed by atoms with Gasteiger partial charge in [0.25, 0.3) is 5.56 Å². The number of aromatic amines is 1. The quantitative estimate of drug-likeness (QED) is 0.803. The number of nitrogens with zero attached hydrogens (tertiary/aromatic N) is 2. The Bertz CT molecular complexity index is 855. The van der Waals surface area contributed by atoms with Gasteiger partial charge in [0.05, 0.1) is 23.9 Å². The standard InChI is InChI=1S/C16H15N3O2S/c1-19(15(20)9-11-5-4-8-22-11)10-14-17-13-7-3-2-6-12(13)16(21)18-14/h2-8H,9-10H2,1H3,(H,17,18,21). The number of carbonyl (C=O) groups is 1. The summed E-state index contributed by atoms with van der Waals surface area (Å²) in [6, 6.07) is 11.0. The van der Waals surface area contributed by atoms with Gasteiger partial charge in [-0.3, -0.25) is 9.59 Å². The Labute approximate surface area is 131 Å². The van der Waals surface area contributed by atoms with E-state index in [9.17, 15) is 9.59 Å². The van der Waals surface area contributed by atoms with Crippen molar-refractivity contribution in [3.05, 3.63) is 62.8 Å². The minimum Gasteiger partial charge on any atom is -0.338 e. The van der Waals surface area contributed by atoms with Gasteiger partial charge in [0.15, 0.2) is 0 Å². The van der Waals surface area contributed by atoms with Crippen LogP contribution in [0.4, 0.5) is 0 Å². The van der Waals surface area contributed by atoms with E-state index in [4.69, 9.17) is 0 Å². The highest BCUT2D eigenvalue weighted by atomic mass is 32.1. The molecule has 3 rings (SSSR count). The van der Waals surface area contributed by atoms with Crippen molar-refractivity contribution in [1.29, 1.82) is 0 Å². The molecular formula is C16H15N3O2S. The molecule has 0 spiro atoms. The van der Waals surface area contributed by atoms with Crippen LogP contribution in [0.25, 0.3) is 10.9 Å². The lowest BCUT2D eigenvalue weighted by Crippen LogP contribution is -2.29. The number of benzene rings is 1. The smallest absolute Gasteiger partial charge is 0.258 e. The lowest BCUT2D eigenvalue weighted by Gasteiger charge is -2.16. The first-order valence-electron chi connectivity index (χ1n) is 6.88. The third kappa shape index (κ3) is 3.07. The molecule has 1 amide bonds. The van der Waals surface area contributed by atoms with Crippen molar-refractivity contribution < 1.29 is 4.79 Å². The van der Waals surface area contributed by atoms with Crippen LogP contribution in [0.3, 0.4) is 0 Å². The number of hydrogen-bond donors (Lipinski definition) is 1. The third-order valence-electron chi connectivity index (χ3n) is 3.38. The molecule has 0 atom stereocenters. The summed E-state index contributed by atoms with van der Waals surface area (Å²) in [5, 5.41) is 2.50. The van der Waals surface area contributed by atoms with Crippen LogP contribution < -0.4 is 5.56 Å². The highest BCUT2D eigenvalue weighted by Gasteiger charge is 2.12. The second-order valence-corrected chi connectivity index (χ2v) is 6.07. The highest BCUT2D eigenvalue weighted by Crippen LogP contribution is 2.11. The molecule has 0 fully saturated rings. The number of para-hydroxylation sites is 1. The van der Waals surface area contributed by atoms with E-state index >= 15 is 0 Å². The molecule has 0 bridgehead atoms. The van der Waals surface area contributed by atoms with E-state index in [1.54, 1.807) is 41.5 Å². The lowest BCUT2D eigenvalue weighted by molar-refractivity contribution is -0.129. The molecule has 1 aromatic carbocycles. The van der Waals surface area contributed by atoms with E-state index in [0.29, 0.717) is 23.1 Å². The second-order valence-electron chi connectivity index (χ2n) is 5.04. The Kier molecular flexibility index (Phi) is 4.02. The molecule has 0 saturated carbocycles. The van der Waals surface area contributed by atoms with Crippen LogP contribution >= 0.6 is 11.3 Å². The maximum absolute atomic E-state index is 12.2.